The van der Waals surface area contributed by atoms with Crippen molar-refractivity contribution in [3.63, 3.8) is 0 Å². The van der Waals surface area contributed by atoms with Gasteiger partial charge in [-0.05, 0) is 62.4 Å². The minimum Gasteiger partial charge on any atom is -0.494 e. The lowest BCUT2D eigenvalue weighted by Crippen LogP contribution is -2.17. The van der Waals surface area contributed by atoms with Crippen molar-refractivity contribution >= 4 is 40.0 Å². The Morgan fingerprint density at radius 1 is 1.16 bits per heavy atom. The molecule has 0 saturated carbocycles. The topological polar surface area (TPSA) is 95.3 Å². The standard InChI is InChI=1S/C27H32N4O4S2/c1-4-16-31-24(18-12-14-19(15-13-18)35-5-2)29-30-27(31)36-17-22(32)28-25-23(26(33)34-3)20-10-8-6-7-9-11-21(20)37-25/h4,12-15H,1,5-11,16-17H2,2-3H3,(H,28,32). The van der Waals surface area contributed by atoms with E-state index < -0.39 is 5.97 Å². The van der Waals surface area contributed by atoms with Crippen molar-refractivity contribution < 1.29 is 19.1 Å². The lowest BCUT2D eigenvalue weighted by molar-refractivity contribution is -0.113. The number of anilines is 1. The van der Waals surface area contributed by atoms with Gasteiger partial charge >= 0.3 is 5.97 Å². The number of thioether (sulfide) groups is 1. The van der Waals surface area contributed by atoms with Gasteiger partial charge in [0.2, 0.25) is 5.91 Å². The molecule has 1 aliphatic rings. The second-order valence-corrected chi connectivity index (χ2v) is 10.7. The molecule has 0 radical (unpaired) electrons. The number of hydrogen-bond acceptors (Lipinski definition) is 8. The fourth-order valence-corrected chi connectivity index (χ4v) is 6.43. The molecule has 0 bridgehead atoms. The van der Waals surface area contributed by atoms with Crippen LogP contribution in [0.3, 0.4) is 0 Å². The number of ether oxygens (including phenoxy) is 2. The average Bonchev–Trinajstić information content (AvgIpc) is 3.43. The summed E-state index contributed by atoms with van der Waals surface area (Å²) in [6.07, 6.45) is 7.99. The number of fused-ring (bicyclic) bond motifs is 1. The molecular weight excluding hydrogens is 508 g/mol. The Morgan fingerprint density at radius 3 is 2.62 bits per heavy atom. The first-order valence-electron chi connectivity index (χ1n) is 12.5. The number of aryl methyl sites for hydroxylation is 1. The van der Waals surface area contributed by atoms with Crippen LogP contribution in [0.25, 0.3) is 11.4 Å². The smallest absolute Gasteiger partial charge is 0.341 e. The summed E-state index contributed by atoms with van der Waals surface area (Å²) < 4.78 is 12.5. The van der Waals surface area contributed by atoms with E-state index in [0.29, 0.717) is 34.7 Å². The van der Waals surface area contributed by atoms with E-state index in [2.05, 4.69) is 22.1 Å². The summed E-state index contributed by atoms with van der Waals surface area (Å²) in [4.78, 5) is 26.8. The minimum absolute atomic E-state index is 0.127. The third-order valence-corrected chi connectivity index (χ3v) is 8.27. The van der Waals surface area contributed by atoms with Gasteiger partial charge in [-0.15, -0.1) is 28.1 Å². The number of benzene rings is 1. The summed E-state index contributed by atoms with van der Waals surface area (Å²) in [5.41, 5.74) is 2.44. The molecule has 0 saturated heterocycles. The molecule has 10 heteroatoms. The highest BCUT2D eigenvalue weighted by atomic mass is 32.2. The molecule has 1 aromatic carbocycles. The van der Waals surface area contributed by atoms with Gasteiger partial charge in [0.15, 0.2) is 11.0 Å². The summed E-state index contributed by atoms with van der Waals surface area (Å²) in [6, 6.07) is 7.67. The van der Waals surface area contributed by atoms with Gasteiger partial charge in [0, 0.05) is 17.0 Å². The molecule has 37 heavy (non-hydrogen) atoms. The predicted molar refractivity (Wildman–Crippen MR) is 148 cm³/mol. The summed E-state index contributed by atoms with van der Waals surface area (Å²) in [7, 11) is 1.38. The van der Waals surface area contributed by atoms with Crippen molar-refractivity contribution in [1.29, 1.82) is 0 Å². The minimum atomic E-state index is -0.397. The van der Waals surface area contributed by atoms with E-state index in [0.717, 1.165) is 49.0 Å². The highest BCUT2D eigenvalue weighted by molar-refractivity contribution is 7.99. The van der Waals surface area contributed by atoms with Gasteiger partial charge in [0.05, 0.1) is 25.0 Å². The van der Waals surface area contributed by atoms with Gasteiger partial charge in [0.25, 0.3) is 0 Å². The first-order chi connectivity index (χ1) is 18.0. The molecule has 196 valence electrons. The van der Waals surface area contributed by atoms with E-state index in [1.54, 1.807) is 6.08 Å². The number of nitrogens with zero attached hydrogens (tertiary/aromatic N) is 3. The molecule has 0 aliphatic heterocycles. The van der Waals surface area contributed by atoms with Gasteiger partial charge in [-0.3, -0.25) is 9.36 Å². The molecular formula is C27H32N4O4S2. The van der Waals surface area contributed by atoms with Gasteiger partial charge in [-0.2, -0.15) is 0 Å². The molecule has 0 spiro atoms. The quantitative estimate of drug-likeness (QED) is 0.198. The van der Waals surface area contributed by atoms with Crippen LogP contribution in [-0.4, -0.2) is 46.1 Å². The third kappa shape index (κ3) is 6.42. The fraction of sp³-hybridized carbons (Fsp3) is 0.407. The maximum atomic E-state index is 13.0. The van der Waals surface area contributed by atoms with Crippen LogP contribution >= 0.6 is 23.1 Å². The molecule has 1 aliphatic carbocycles. The van der Waals surface area contributed by atoms with Crippen molar-refractivity contribution in [2.24, 2.45) is 0 Å². The summed E-state index contributed by atoms with van der Waals surface area (Å²) in [6.45, 7) is 6.90. The molecule has 3 aromatic rings. The van der Waals surface area contributed by atoms with Gasteiger partial charge < -0.3 is 14.8 Å². The van der Waals surface area contributed by atoms with E-state index in [-0.39, 0.29) is 11.7 Å². The van der Waals surface area contributed by atoms with Crippen molar-refractivity contribution in [2.45, 2.75) is 57.1 Å². The summed E-state index contributed by atoms with van der Waals surface area (Å²) >= 11 is 2.79. The maximum absolute atomic E-state index is 13.0. The Hall–Kier alpha value is -3.11. The van der Waals surface area contributed by atoms with E-state index in [9.17, 15) is 9.59 Å². The molecule has 0 unspecified atom stereocenters. The zero-order chi connectivity index (χ0) is 26.2. The molecule has 8 nitrogen and oxygen atoms in total. The molecule has 1 amide bonds. The normalized spacial score (nSPS) is 13.2. The lowest BCUT2D eigenvalue weighted by Gasteiger charge is -2.11. The van der Waals surface area contributed by atoms with Crippen LogP contribution < -0.4 is 10.1 Å². The second kappa shape index (κ2) is 12.9. The van der Waals surface area contributed by atoms with E-state index >= 15 is 0 Å². The number of carbonyl (C=O) groups excluding carboxylic acids is 2. The average molecular weight is 541 g/mol. The number of nitrogens with one attached hydrogen (secondary N) is 1. The van der Waals surface area contributed by atoms with Crippen molar-refractivity contribution in [3.05, 3.63) is 52.9 Å². The molecule has 4 rings (SSSR count). The Morgan fingerprint density at radius 2 is 1.92 bits per heavy atom. The number of hydrogen-bond donors (Lipinski definition) is 1. The molecule has 0 fully saturated rings. The monoisotopic (exact) mass is 540 g/mol. The number of thiophene rings is 1. The highest BCUT2D eigenvalue weighted by Gasteiger charge is 2.26. The first-order valence-corrected chi connectivity index (χ1v) is 14.3. The molecule has 2 aromatic heterocycles. The Balaban J connectivity index is 1.49. The highest BCUT2D eigenvalue weighted by Crippen LogP contribution is 2.37. The number of amides is 1. The number of methoxy groups -OCH3 is 1. The van der Waals surface area contributed by atoms with Crippen LogP contribution in [-0.2, 0) is 28.9 Å². The Labute approximate surface area is 225 Å². The SMILES string of the molecule is C=CCn1c(SCC(=O)Nc2sc3c(c2C(=O)OC)CCCCCC3)nnc1-c1ccc(OCC)cc1. The molecule has 1 N–H and O–H groups in total. The maximum Gasteiger partial charge on any atom is 0.341 e. The summed E-state index contributed by atoms with van der Waals surface area (Å²) in [5.74, 6) is 1.01. The summed E-state index contributed by atoms with van der Waals surface area (Å²) in [5, 5.41) is 12.9. The Bertz CT molecular complexity index is 1250. The van der Waals surface area contributed by atoms with Gasteiger partial charge in [0.1, 0.15) is 10.8 Å². The van der Waals surface area contributed by atoms with Crippen molar-refractivity contribution in [1.82, 2.24) is 14.8 Å². The van der Waals surface area contributed by atoms with Gasteiger partial charge in [-0.1, -0.05) is 30.7 Å². The van der Waals surface area contributed by atoms with Crippen LogP contribution in [0.5, 0.6) is 5.75 Å². The van der Waals surface area contributed by atoms with E-state index in [4.69, 9.17) is 9.47 Å². The van der Waals surface area contributed by atoms with Crippen LogP contribution in [0.1, 0.15) is 53.4 Å². The van der Waals surface area contributed by atoms with Crippen LogP contribution in [0.15, 0.2) is 42.1 Å². The van der Waals surface area contributed by atoms with Gasteiger partial charge in [-0.25, -0.2) is 4.79 Å². The zero-order valence-corrected chi connectivity index (χ0v) is 22.9. The van der Waals surface area contributed by atoms with Crippen LogP contribution in [0.4, 0.5) is 5.00 Å². The van der Waals surface area contributed by atoms with Crippen molar-refractivity contribution in [3.8, 4) is 17.1 Å². The number of rotatable bonds is 10. The zero-order valence-electron chi connectivity index (χ0n) is 21.2. The molecule has 0 atom stereocenters. The van der Waals surface area contributed by atoms with Crippen molar-refractivity contribution in [2.75, 3.05) is 24.8 Å². The molecule has 2 heterocycles. The Kier molecular flexibility index (Phi) is 9.40. The number of allylic oxidation sites excluding steroid dienone is 1. The lowest BCUT2D eigenvalue weighted by atomic mass is 9.96. The number of esters is 1. The van der Waals surface area contributed by atoms with Crippen LogP contribution in [0.2, 0.25) is 0 Å². The predicted octanol–water partition coefficient (Wildman–Crippen LogP) is 5.77. The fourth-order valence-electron chi connectivity index (χ4n) is 4.39. The van der Waals surface area contributed by atoms with E-state index in [1.807, 2.05) is 35.8 Å². The second-order valence-electron chi connectivity index (χ2n) is 8.61. The third-order valence-electron chi connectivity index (χ3n) is 6.10. The van der Waals surface area contributed by atoms with E-state index in [1.165, 1.54) is 41.5 Å². The largest absolute Gasteiger partial charge is 0.494 e. The van der Waals surface area contributed by atoms with Crippen LogP contribution in [0, 0.1) is 0 Å². The number of aromatic nitrogens is 3. The first kappa shape index (κ1) is 26.9. The number of carbonyl (C=O) groups is 2.